The van der Waals surface area contributed by atoms with E-state index in [0.717, 1.165) is 17.9 Å². The van der Waals surface area contributed by atoms with Crippen LogP contribution in [0.25, 0.3) is 0 Å². The van der Waals surface area contributed by atoms with Gasteiger partial charge in [0.15, 0.2) is 0 Å². The first kappa shape index (κ1) is 14.8. The summed E-state index contributed by atoms with van der Waals surface area (Å²) in [7, 11) is 0. The minimum absolute atomic E-state index is 0.573. The van der Waals surface area contributed by atoms with E-state index in [1.807, 2.05) is 0 Å². The van der Waals surface area contributed by atoms with Crippen molar-refractivity contribution in [1.29, 1.82) is 0 Å². The van der Waals surface area contributed by atoms with Gasteiger partial charge in [-0.05, 0) is 43.4 Å². The van der Waals surface area contributed by atoms with Crippen LogP contribution in [0.15, 0.2) is 0 Å². The number of piperidine rings is 1. The van der Waals surface area contributed by atoms with Crippen LogP contribution in [0, 0.1) is 17.3 Å². The highest BCUT2D eigenvalue weighted by atomic mass is 79.9. The quantitative estimate of drug-likeness (QED) is 0.682. The van der Waals surface area contributed by atoms with E-state index in [2.05, 4.69) is 41.6 Å². The lowest BCUT2D eigenvalue weighted by molar-refractivity contribution is 0.0305. The van der Waals surface area contributed by atoms with Gasteiger partial charge < -0.3 is 0 Å². The highest BCUT2D eigenvalue weighted by Gasteiger charge is 2.37. The molecule has 1 saturated heterocycles. The first-order chi connectivity index (χ1) is 8.56. The molecule has 3 unspecified atom stereocenters. The van der Waals surface area contributed by atoms with Crippen LogP contribution in [0.3, 0.4) is 0 Å². The number of alkyl halides is 1. The highest BCUT2D eigenvalue weighted by Crippen LogP contribution is 2.40. The van der Waals surface area contributed by atoms with Gasteiger partial charge in [-0.3, -0.25) is 4.90 Å². The van der Waals surface area contributed by atoms with E-state index in [4.69, 9.17) is 0 Å². The van der Waals surface area contributed by atoms with Gasteiger partial charge in [0.05, 0.1) is 0 Å². The van der Waals surface area contributed by atoms with Gasteiger partial charge in [-0.15, -0.1) is 0 Å². The number of hydrogen-bond donors (Lipinski definition) is 0. The van der Waals surface area contributed by atoms with Crippen LogP contribution in [0.5, 0.6) is 0 Å². The van der Waals surface area contributed by atoms with Crippen LogP contribution >= 0.6 is 15.9 Å². The molecule has 1 aliphatic heterocycles. The molecule has 3 atom stereocenters. The number of hydrogen-bond acceptors (Lipinski definition) is 1. The summed E-state index contributed by atoms with van der Waals surface area (Å²) in [5.74, 6) is 1.75. The van der Waals surface area contributed by atoms with Gasteiger partial charge in [-0.25, -0.2) is 0 Å². The Hall–Kier alpha value is 0.440. The maximum Gasteiger partial charge on any atom is 0.0100 e. The van der Waals surface area contributed by atoms with E-state index >= 15 is 0 Å². The Labute approximate surface area is 122 Å². The Morgan fingerprint density at radius 2 is 1.78 bits per heavy atom. The summed E-state index contributed by atoms with van der Waals surface area (Å²) >= 11 is 3.82. The molecular formula is C16H30BrN. The summed E-state index contributed by atoms with van der Waals surface area (Å²) in [5, 5.41) is 1.20. The van der Waals surface area contributed by atoms with Crippen LogP contribution in [-0.4, -0.2) is 29.4 Å². The maximum atomic E-state index is 3.82. The molecule has 2 fully saturated rings. The molecule has 1 saturated carbocycles. The van der Waals surface area contributed by atoms with Crippen molar-refractivity contribution < 1.29 is 0 Å². The fourth-order valence-corrected chi connectivity index (χ4v) is 4.85. The standard InChI is InChI=1S/C16H30BrN/c1-13-9-14(2)15(3)18(10-13)12-16(11-17)7-5-4-6-8-16/h13-15H,4-12H2,1-3H3. The summed E-state index contributed by atoms with van der Waals surface area (Å²) in [4.78, 5) is 2.80. The van der Waals surface area contributed by atoms with Crippen molar-refractivity contribution in [2.24, 2.45) is 17.3 Å². The van der Waals surface area contributed by atoms with E-state index < -0.39 is 0 Å². The van der Waals surface area contributed by atoms with Gasteiger partial charge in [0.25, 0.3) is 0 Å². The topological polar surface area (TPSA) is 3.24 Å². The van der Waals surface area contributed by atoms with Crippen LogP contribution < -0.4 is 0 Å². The third-order valence-electron chi connectivity index (χ3n) is 5.46. The fraction of sp³-hybridized carbons (Fsp3) is 1.00. The molecule has 0 aromatic heterocycles. The van der Waals surface area contributed by atoms with Gasteiger partial charge in [-0.2, -0.15) is 0 Å². The van der Waals surface area contributed by atoms with Crippen LogP contribution in [0.4, 0.5) is 0 Å². The van der Waals surface area contributed by atoms with E-state index in [1.54, 1.807) is 0 Å². The second-order valence-electron chi connectivity index (χ2n) is 7.18. The molecule has 0 N–H and O–H groups in total. The lowest BCUT2D eigenvalue weighted by atomic mass is 9.74. The molecule has 106 valence electrons. The summed E-state index contributed by atoms with van der Waals surface area (Å²) in [6, 6.07) is 0.777. The van der Waals surface area contributed by atoms with E-state index in [9.17, 15) is 0 Å². The normalized spacial score (nSPS) is 37.7. The lowest BCUT2D eigenvalue weighted by Crippen LogP contribution is -2.51. The molecule has 2 heteroatoms. The van der Waals surface area contributed by atoms with Crippen LogP contribution in [-0.2, 0) is 0 Å². The molecule has 0 radical (unpaired) electrons. The number of halogens is 1. The Bertz CT molecular complexity index is 260. The molecule has 0 spiro atoms. The average molecular weight is 316 g/mol. The van der Waals surface area contributed by atoms with Crippen molar-refractivity contribution in [3.8, 4) is 0 Å². The molecule has 1 heterocycles. The second-order valence-corrected chi connectivity index (χ2v) is 7.74. The molecule has 0 aromatic rings. The molecule has 1 nitrogen and oxygen atoms in total. The number of nitrogens with zero attached hydrogens (tertiary/aromatic N) is 1. The van der Waals surface area contributed by atoms with Gasteiger partial charge >= 0.3 is 0 Å². The van der Waals surface area contributed by atoms with Crippen LogP contribution in [0.1, 0.15) is 59.3 Å². The Kier molecular flexibility index (Phi) is 5.16. The summed E-state index contributed by atoms with van der Waals surface area (Å²) < 4.78 is 0. The number of rotatable bonds is 3. The first-order valence-corrected chi connectivity index (χ1v) is 8.98. The summed E-state index contributed by atoms with van der Waals surface area (Å²) in [5.41, 5.74) is 0.573. The predicted molar refractivity (Wildman–Crippen MR) is 83.3 cm³/mol. The zero-order valence-electron chi connectivity index (χ0n) is 12.4. The Balaban J connectivity index is 2.01. The zero-order valence-corrected chi connectivity index (χ0v) is 14.0. The van der Waals surface area contributed by atoms with Crippen LogP contribution in [0.2, 0.25) is 0 Å². The SMILES string of the molecule is CC1CC(C)C(C)N(CC2(CBr)CCCCC2)C1. The predicted octanol–water partition coefficient (Wildman–Crippen LogP) is 4.70. The first-order valence-electron chi connectivity index (χ1n) is 7.86. The highest BCUT2D eigenvalue weighted by molar-refractivity contribution is 9.09. The van der Waals surface area contributed by atoms with Crippen molar-refractivity contribution in [1.82, 2.24) is 4.90 Å². The monoisotopic (exact) mass is 315 g/mol. The van der Waals surface area contributed by atoms with Gasteiger partial charge in [0.1, 0.15) is 0 Å². The van der Waals surface area contributed by atoms with Gasteiger partial charge in [0.2, 0.25) is 0 Å². The molecule has 18 heavy (non-hydrogen) atoms. The molecule has 0 bridgehead atoms. The van der Waals surface area contributed by atoms with Gasteiger partial charge in [0, 0.05) is 24.5 Å². The molecular weight excluding hydrogens is 286 g/mol. The molecule has 0 aromatic carbocycles. The minimum atomic E-state index is 0.573. The largest absolute Gasteiger partial charge is 0.300 e. The molecule has 0 amide bonds. The molecule has 1 aliphatic carbocycles. The Morgan fingerprint density at radius 1 is 1.11 bits per heavy atom. The second kappa shape index (κ2) is 6.26. The third kappa shape index (κ3) is 3.30. The minimum Gasteiger partial charge on any atom is -0.300 e. The summed E-state index contributed by atoms with van der Waals surface area (Å²) in [6.07, 6.45) is 8.63. The van der Waals surface area contributed by atoms with Crippen molar-refractivity contribution in [2.45, 2.75) is 65.3 Å². The number of likely N-dealkylation sites (tertiary alicyclic amines) is 1. The fourth-order valence-electron chi connectivity index (χ4n) is 4.11. The van der Waals surface area contributed by atoms with Crippen molar-refractivity contribution in [2.75, 3.05) is 18.4 Å². The Morgan fingerprint density at radius 3 is 2.39 bits per heavy atom. The average Bonchev–Trinajstić information content (AvgIpc) is 2.36. The molecule has 2 aliphatic rings. The van der Waals surface area contributed by atoms with Crippen molar-refractivity contribution >= 4 is 15.9 Å². The van der Waals surface area contributed by atoms with E-state index in [-0.39, 0.29) is 0 Å². The molecule has 2 rings (SSSR count). The van der Waals surface area contributed by atoms with Gasteiger partial charge in [-0.1, -0.05) is 49.0 Å². The van der Waals surface area contributed by atoms with Crippen molar-refractivity contribution in [3.05, 3.63) is 0 Å². The lowest BCUT2D eigenvalue weighted by Gasteiger charge is -2.47. The van der Waals surface area contributed by atoms with Crippen molar-refractivity contribution in [3.63, 3.8) is 0 Å². The summed E-state index contributed by atoms with van der Waals surface area (Å²) in [6.45, 7) is 9.96. The van der Waals surface area contributed by atoms with E-state index in [1.165, 1.54) is 56.9 Å². The maximum absolute atomic E-state index is 3.82. The third-order valence-corrected chi connectivity index (χ3v) is 6.65. The smallest absolute Gasteiger partial charge is 0.0100 e. The van der Waals surface area contributed by atoms with E-state index in [0.29, 0.717) is 5.41 Å². The zero-order chi connectivity index (χ0) is 13.2.